The van der Waals surface area contributed by atoms with Gasteiger partial charge in [0.15, 0.2) is 0 Å². The molecule has 5 nitrogen and oxygen atoms in total. The van der Waals surface area contributed by atoms with E-state index in [0.29, 0.717) is 18.0 Å². The van der Waals surface area contributed by atoms with Crippen LogP contribution in [-0.2, 0) is 17.9 Å². The van der Waals surface area contributed by atoms with E-state index < -0.39 is 0 Å². The minimum absolute atomic E-state index is 0.0791. The van der Waals surface area contributed by atoms with Gasteiger partial charge in [0.25, 0.3) is 5.56 Å². The maximum atomic E-state index is 12.4. The molecule has 2 aromatic carbocycles. The Hall–Kier alpha value is -2.86. The molecule has 0 aliphatic rings. The number of ether oxygens (including phenoxy) is 1. The zero-order chi connectivity index (χ0) is 19.2. The Balaban J connectivity index is 1.73. The van der Waals surface area contributed by atoms with Crippen molar-refractivity contribution in [2.75, 3.05) is 5.32 Å². The van der Waals surface area contributed by atoms with Crippen LogP contribution in [0.5, 0.6) is 5.75 Å². The first kappa shape index (κ1) is 18.9. The molecule has 0 fully saturated rings. The molecule has 0 radical (unpaired) electrons. The molecule has 1 heterocycles. The molecule has 0 saturated heterocycles. The third kappa shape index (κ3) is 5.31. The lowest BCUT2D eigenvalue weighted by atomic mass is 10.2. The van der Waals surface area contributed by atoms with Gasteiger partial charge in [-0.05, 0) is 52.2 Å². The number of rotatable bonds is 6. The summed E-state index contributed by atoms with van der Waals surface area (Å²) in [5, 5.41) is 2.83. The number of aromatic nitrogens is 1. The minimum Gasteiger partial charge on any atom is -0.487 e. The van der Waals surface area contributed by atoms with Gasteiger partial charge in [0.2, 0.25) is 5.91 Å². The lowest BCUT2D eigenvalue weighted by molar-refractivity contribution is -0.116. The van der Waals surface area contributed by atoms with Gasteiger partial charge >= 0.3 is 0 Å². The van der Waals surface area contributed by atoms with Gasteiger partial charge in [-0.1, -0.05) is 36.4 Å². The number of nitrogens with one attached hydrogen (secondary N) is 1. The molecule has 138 valence electrons. The number of pyridine rings is 1. The summed E-state index contributed by atoms with van der Waals surface area (Å²) in [5.74, 6) is 0.289. The molecule has 3 aromatic rings. The smallest absolute Gasteiger partial charge is 0.251 e. The molecule has 1 N–H and O–H groups in total. The Morgan fingerprint density at radius 3 is 2.67 bits per heavy atom. The Bertz CT molecular complexity index is 1000. The highest BCUT2D eigenvalue weighted by molar-refractivity contribution is 9.10. The fraction of sp³-hybridized carbons (Fsp3) is 0.143. The van der Waals surface area contributed by atoms with Crippen molar-refractivity contribution in [2.45, 2.75) is 20.1 Å². The van der Waals surface area contributed by atoms with E-state index in [1.165, 1.54) is 10.6 Å². The SMILES string of the molecule is Cc1ccc(NC(=O)Cn2cc(Br)ccc2=O)c(OCc2ccccc2)c1. The van der Waals surface area contributed by atoms with Crippen molar-refractivity contribution in [1.82, 2.24) is 4.57 Å². The molecule has 6 heteroatoms. The highest BCUT2D eigenvalue weighted by atomic mass is 79.9. The van der Waals surface area contributed by atoms with Gasteiger partial charge in [0, 0.05) is 16.7 Å². The first-order valence-corrected chi connectivity index (χ1v) is 9.24. The van der Waals surface area contributed by atoms with E-state index in [0.717, 1.165) is 15.6 Å². The maximum Gasteiger partial charge on any atom is 0.251 e. The van der Waals surface area contributed by atoms with Crippen molar-refractivity contribution < 1.29 is 9.53 Å². The number of carbonyl (C=O) groups is 1. The van der Waals surface area contributed by atoms with Crippen LogP contribution in [0.3, 0.4) is 0 Å². The second-order valence-corrected chi connectivity index (χ2v) is 7.05. The maximum absolute atomic E-state index is 12.4. The number of hydrogen-bond donors (Lipinski definition) is 1. The van der Waals surface area contributed by atoms with Crippen LogP contribution in [-0.4, -0.2) is 10.5 Å². The normalized spacial score (nSPS) is 10.4. The molecule has 0 aliphatic heterocycles. The second kappa shape index (κ2) is 8.68. The highest BCUT2D eigenvalue weighted by Gasteiger charge is 2.10. The number of aryl methyl sites for hydroxylation is 1. The van der Waals surface area contributed by atoms with Crippen molar-refractivity contribution in [3.05, 3.63) is 92.8 Å². The minimum atomic E-state index is -0.302. The van der Waals surface area contributed by atoms with Crippen LogP contribution in [0, 0.1) is 6.92 Å². The van der Waals surface area contributed by atoms with Gasteiger partial charge in [-0.25, -0.2) is 0 Å². The van der Waals surface area contributed by atoms with Crippen LogP contribution in [0.1, 0.15) is 11.1 Å². The fourth-order valence-corrected chi connectivity index (χ4v) is 2.94. The lowest BCUT2D eigenvalue weighted by Gasteiger charge is -2.14. The Labute approximate surface area is 165 Å². The van der Waals surface area contributed by atoms with Crippen molar-refractivity contribution in [1.29, 1.82) is 0 Å². The van der Waals surface area contributed by atoms with E-state index >= 15 is 0 Å². The molecule has 0 saturated carbocycles. The molecule has 0 spiro atoms. The number of benzene rings is 2. The lowest BCUT2D eigenvalue weighted by Crippen LogP contribution is -2.26. The average molecular weight is 427 g/mol. The number of hydrogen-bond acceptors (Lipinski definition) is 3. The first-order chi connectivity index (χ1) is 13.0. The largest absolute Gasteiger partial charge is 0.487 e. The van der Waals surface area contributed by atoms with Gasteiger partial charge in [0.1, 0.15) is 18.9 Å². The summed E-state index contributed by atoms with van der Waals surface area (Å²) < 4.78 is 7.99. The predicted molar refractivity (Wildman–Crippen MR) is 109 cm³/mol. The monoisotopic (exact) mass is 426 g/mol. The molecule has 0 aliphatic carbocycles. The Morgan fingerprint density at radius 1 is 1.11 bits per heavy atom. The van der Waals surface area contributed by atoms with Crippen LogP contribution in [0.15, 0.2) is 76.1 Å². The highest BCUT2D eigenvalue weighted by Crippen LogP contribution is 2.26. The van der Waals surface area contributed by atoms with Gasteiger partial charge in [-0.3, -0.25) is 9.59 Å². The molecule has 0 unspecified atom stereocenters. The summed E-state index contributed by atoms with van der Waals surface area (Å²) in [5.41, 5.74) is 2.40. The van der Waals surface area contributed by atoms with E-state index in [-0.39, 0.29) is 18.0 Å². The van der Waals surface area contributed by atoms with Crippen LogP contribution in [0.4, 0.5) is 5.69 Å². The van der Waals surface area contributed by atoms with Crippen molar-refractivity contribution >= 4 is 27.5 Å². The third-order valence-corrected chi connectivity index (χ3v) is 4.38. The molecule has 1 aromatic heterocycles. The zero-order valence-corrected chi connectivity index (χ0v) is 16.4. The Kier molecular flexibility index (Phi) is 6.08. The summed E-state index contributed by atoms with van der Waals surface area (Å²) in [7, 11) is 0. The van der Waals surface area contributed by atoms with Crippen LogP contribution in [0.2, 0.25) is 0 Å². The van der Waals surface area contributed by atoms with Gasteiger partial charge in [0.05, 0.1) is 5.69 Å². The zero-order valence-electron chi connectivity index (χ0n) is 14.8. The van der Waals surface area contributed by atoms with E-state index in [2.05, 4.69) is 21.2 Å². The van der Waals surface area contributed by atoms with Crippen LogP contribution >= 0.6 is 15.9 Å². The summed E-state index contributed by atoms with van der Waals surface area (Å²) in [6.45, 7) is 2.28. The van der Waals surface area contributed by atoms with E-state index in [1.807, 2.05) is 49.4 Å². The van der Waals surface area contributed by atoms with E-state index in [9.17, 15) is 9.59 Å². The van der Waals surface area contributed by atoms with Crippen LogP contribution in [0.25, 0.3) is 0 Å². The topological polar surface area (TPSA) is 60.3 Å². The van der Waals surface area contributed by atoms with Crippen molar-refractivity contribution in [2.24, 2.45) is 0 Å². The number of halogens is 1. The summed E-state index contributed by atoms with van der Waals surface area (Å²) in [6, 6.07) is 18.5. The molecule has 1 amide bonds. The quantitative estimate of drug-likeness (QED) is 0.644. The number of amides is 1. The summed E-state index contributed by atoms with van der Waals surface area (Å²) in [6.07, 6.45) is 1.59. The molecule has 27 heavy (non-hydrogen) atoms. The first-order valence-electron chi connectivity index (χ1n) is 8.44. The number of anilines is 1. The van der Waals surface area contributed by atoms with Crippen molar-refractivity contribution in [3.63, 3.8) is 0 Å². The Morgan fingerprint density at radius 2 is 1.89 bits per heavy atom. The van der Waals surface area contributed by atoms with Gasteiger partial charge in [-0.15, -0.1) is 0 Å². The van der Waals surface area contributed by atoms with Gasteiger partial charge < -0.3 is 14.6 Å². The fourth-order valence-electron chi connectivity index (χ4n) is 2.56. The summed E-state index contributed by atoms with van der Waals surface area (Å²) in [4.78, 5) is 24.3. The van der Waals surface area contributed by atoms with E-state index in [1.54, 1.807) is 18.3 Å². The molecular formula is C21H19BrN2O3. The number of carbonyl (C=O) groups excluding carboxylic acids is 1. The standard InChI is InChI=1S/C21H19BrN2O3/c1-15-7-9-18(19(11-15)27-14-16-5-3-2-4-6-16)23-20(25)13-24-12-17(22)8-10-21(24)26/h2-12H,13-14H2,1H3,(H,23,25). The molecule has 0 bridgehead atoms. The average Bonchev–Trinajstić information content (AvgIpc) is 2.65. The van der Waals surface area contributed by atoms with E-state index in [4.69, 9.17) is 4.74 Å². The number of nitrogens with zero attached hydrogens (tertiary/aromatic N) is 1. The van der Waals surface area contributed by atoms with Gasteiger partial charge in [-0.2, -0.15) is 0 Å². The third-order valence-electron chi connectivity index (χ3n) is 3.91. The molecular weight excluding hydrogens is 408 g/mol. The van der Waals surface area contributed by atoms with Crippen LogP contribution < -0.4 is 15.6 Å². The second-order valence-electron chi connectivity index (χ2n) is 6.14. The van der Waals surface area contributed by atoms with Crippen molar-refractivity contribution in [3.8, 4) is 5.75 Å². The predicted octanol–water partition coefficient (Wildman–Crippen LogP) is 4.14. The molecule has 0 atom stereocenters. The molecule has 3 rings (SSSR count). The summed E-state index contributed by atoms with van der Waals surface area (Å²) >= 11 is 3.30.